The Kier molecular flexibility index (Phi) is 3.73. The van der Waals surface area contributed by atoms with Gasteiger partial charge in [-0.05, 0) is 18.1 Å². The molecule has 0 fully saturated rings. The van der Waals surface area contributed by atoms with Gasteiger partial charge in [-0.2, -0.15) is 0 Å². The third-order valence-electron chi connectivity index (χ3n) is 3.62. The topological polar surface area (TPSA) is 26.9 Å². The molecule has 0 aliphatic rings. The van der Waals surface area contributed by atoms with Crippen LogP contribution in [0.1, 0.15) is 16.8 Å². The highest BCUT2D eigenvalue weighted by atomic mass is 16.1. The van der Waals surface area contributed by atoms with E-state index in [9.17, 15) is 4.79 Å². The molecule has 1 aromatic heterocycles. The van der Waals surface area contributed by atoms with Gasteiger partial charge in [0.15, 0.2) is 0 Å². The number of nitrogens with zero attached hydrogens (tertiary/aromatic N) is 2. The van der Waals surface area contributed by atoms with Gasteiger partial charge in [0.1, 0.15) is 0 Å². The van der Waals surface area contributed by atoms with Crippen molar-refractivity contribution in [3.63, 3.8) is 0 Å². The molecule has 0 aliphatic heterocycles. The maximum atomic E-state index is 12.5. The molecule has 0 saturated heterocycles. The second kappa shape index (κ2) is 5.83. The summed E-state index contributed by atoms with van der Waals surface area (Å²) in [6, 6.07) is 20.1. The molecular weight excluding hydrogens is 260 g/mol. The first-order chi connectivity index (χ1) is 10.2. The number of aryl methyl sites for hydroxylation is 1. The molecule has 0 atom stereocenters. The Hall–Kier alpha value is -2.55. The van der Waals surface area contributed by atoms with E-state index in [0.717, 1.165) is 16.8 Å². The Balaban J connectivity index is 1.88. The lowest BCUT2D eigenvalue weighted by atomic mass is 10.2. The first-order valence-corrected chi connectivity index (χ1v) is 7.08. The van der Waals surface area contributed by atoms with Gasteiger partial charge in [-0.25, -0.2) is 4.79 Å². The van der Waals surface area contributed by atoms with Gasteiger partial charge in [0.25, 0.3) is 0 Å². The number of benzene rings is 2. The Bertz CT molecular complexity index is 770. The zero-order chi connectivity index (χ0) is 14.7. The first kappa shape index (κ1) is 13.4. The van der Waals surface area contributed by atoms with E-state index < -0.39 is 0 Å². The summed E-state index contributed by atoms with van der Waals surface area (Å²) >= 11 is 0. The number of hydrogen-bond acceptors (Lipinski definition) is 1. The zero-order valence-electron chi connectivity index (χ0n) is 12.1. The van der Waals surface area contributed by atoms with E-state index in [1.165, 1.54) is 0 Å². The van der Waals surface area contributed by atoms with Crippen LogP contribution in [0.2, 0.25) is 0 Å². The molecule has 0 saturated carbocycles. The van der Waals surface area contributed by atoms with Crippen LogP contribution in [0.4, 0.5) is 0 Å². The van der Waals surface area contributed by atoms with Crippen molar-refractivity contribution < 1.29 is 0 Å². The summed E-state index contributed by atoms with van der Waals surface area (Å²) in [6.07, 6.45) is 1.93. The number of aromatic nitrogens is 2. The molecule has 3 aromatic rings. The minimum absolute atomic E-state index is 0.0419. The Labute approximate surface area is 124 Å². The van der Waals surface area contributed by atoms with Gasteiger partial charge in [-0.15, -0.1) is 0 Å². The summed E-state index contributed by atoms with van der Waals surface area (Å²) in [5, 5.41) is 0. The smallest absolute Gasteiger partial charge is 0.295 e. The highest BCUT2D eigenvalue weighted by molar-refractivity contribution is 5.18. The molecule has 106 valence electrons. The molecule has 0 bridgehead atoms. The monoisotopic (exact) mass is 278 g/mol. The third-order valence-corrected chi connectivity index (χ3v) is 3.62. The summed E-state index contributed by atoms with van der Waals surface area (Å²) in [5.41, 5.74) is 3.30. The second-order valence-electron chi connectivity index (χ2n) is 5.24. The SMILES string of the molecule is Cc1cn(Cc2ccccc2)c(=O)n1Cc1ccccc1. The van der Waals surface area contributed by atoms with Crippen molar-refractivity contribution in [2.24, 2.45) is 0 Å². The molecule has 3 rings (SSSR count). The lowest BCUT2D eigenvalue weighted by Gasteiger charge is -2.04. The van der Waals surface area contributed by atoms with E-state index >= 15 is 0 Å². The molecule has 1 heterocycles. The van der Waals surface area contributed by atoms with Crippen molar-refractivity contribution in [1.82, 2.24) is 9.13 Å². The van der Waals surface area contributed by atoms with Crippen molar-refractivity contribution in [2.45, 2.75) is 20.0 Å². The van der Waals surface area contributed by atoms with Crippen LogP contribution in [0.3, 0.4) is 0 Å². The van der Waals surface area contributed by atoms with Gasteiger partial charge in [0, 0.05) is 11.9 Å². The summed E-state index contributed by atoms with van der Waals surface area (Å²) < 4.78 is 3.59. The normalized spacial score (nSPS) is 10.7. The minimum atomic E-state index is 0.0419. The molecule has 3 nitrogen and oxygen atoms in total. The predicted molar refractivity (Wildman–Crippen MR) is 84.5 cm³/mol. The van der Waals surface area contributed by atoms with Crippen LogP contribution in [0.25, 0.3) is 0 Å². The maximum Gasteiger partial charge on any atom is 0.328 e. The summed E-state index contributed by atoms with van der Waals surface area (Å²) in [7, 11) is 0. The zero-order valence-corrected chi connectivity index (χ0v) is 12.1. The molecule has 2 aromatic carbocycles. The van der Waals surface area contributed by atoms with Crippen molar-refractivity contribution in [3.05, 3.63) is 94.2 Å². The van der Waals surface area contributed by atoms with Gasteiger partial charge in [0.05, 0.1) is 13.1 Å². The quantitative estimate of drug-likeness (QED) is 0.720. The van der Waals surface area contributed by atoms with E-state index in [-0.39, 0.29) is 5.69 Å². The van der Waals surface area contributed by atoms with Crippen molar-refractivity contribution >= 4 is 0 Å². The number of hydrogen-bond donors (Lipinski definition) is 0. The summed E-state index contributed by atoms with van der Waals surface area (Å²) in [5.74, 6) is 0. The molecule has 0 unspecified atom stereocenters. The molecular formula is C18H18N2O. The van der Waals surface area contributed by atoms with E-state index in [4.69, 9.17) is 0 Å². The largest absolute Gasteiger partial charge is 0.328 e. The summed E-state index contributed by atoms with van der Waals surface area (Å²) in [4.78, 5) is 12.5. The lowest BCUT2D eigenvalue weighted by Crippen LogP contribution is -2.25. The van der Waals surface area contributed by atoms with Gasteiger partial charge >= 0.3 is 5.69 Å². The average Bonchev–Trinajstić information content (AvgIpc) is 2.77. The van der Waals surface area contributed by atoms with E-state index in [1.807, 2.05) is 78.4 Å². The molecule has 0 amide bonds. The van der Waals surface area contributed by atoms with Crippen LogP contribution in [0, 0.1) is 6.92 Å². The van der Waals surface area contributed by atoms with Gasteiger partial charge in [-0.3, -0.25) is 9.13 Å². The fourth-order valence-electron chi connectivity index (χ4n) is 2.51. The van der Waals surface area contributed by atoms with Crippen molar-refractivity contribution in [3.8, 4) is 0 Å². The minimum Gasteiger partial charge on any atom is -0.295 e. The fraction of sp³-hybridized carbons (Fsp3) is 0.167. The highest BCUT2D eigenvalue weighted by Gasteiger charge is 2.08. The van der Waals surface area contributed by atoms with Crippen LogP contribution in [0.15, 0.2) is 71.7 Å². The van der Waals surface area contributed by atoms with Gasteiger partial charge < -0.3 is 0 Å². The molecule has 0 N–H and O–H groups in total. The van der Waals surface area contributed by atoms with Crippen LogP contribution >= 0.6 is 0 Å². The summed E-state index contributed by atoms with van der Waals surface area (Å²) in [6.45, 7) is 3.21. The Morgan fingerprint density at radius 2 is 1.33 bits per heavy atom. The maximum absolute atomic E-state index is 12.5. The van der Waals surface area contributed by atoms with E-state index in [0.29, 0.717) is 13.1 Å². The number of rotatable bonds is 4. The molecule has 21 heavy (non-hydrogen) atoms. The Morgan fingerprint density at radius 3 is 1.90 bits per heavy atom. The van der Waals surface area contributed by atoms with Crippen LogP contribution < -0.4 is 5.69 Å². The fourth-order valence-corrected chi connectivity index (χ4v) is 2.51. The molecule has 0 radical (unpaired) electrons. The van der Waals surface area contributed by atoms with Gasteiger partial charge in [0.2, 0.25) is 0 Å². The third kappa shape index (κ3) is 2.97. The number of imidazole rings is 1. The average molecular weight is 278 g/mol. The standard InChI is InChI=1S/C18H18N2O/c1-15-12-19(13-16-8-4-2-5-9-16)18(21)20(15)14-17-10-6-3-7-11-17/h2-12H,13-14H2,1H3. The lowest BCUT2D eigenvalue weighted by molar-refractivity contribution is 0.677. The van der Waals surface area contributed by atoms with Crippen molar-refractivity contribution in [2.75, 3.05) is 0 Å². The van der Waals surface area contributed by atoms with Gasteiger partial charge in [-0.1, -0.05) is 60.7 Å². The highest BCUT2D eigenvalue weighted by Crippen LogP contribution is 2.06. The molecule has 3 heteroatoms. The second-order valence-corrected chi connectivity index (χ2v) is 5.24. The predicted octanol–water partition coefficient (Wildman–Crippen LogP) is 3.05. The van der Waals surface area contributed by atoms with Crippen LogP contribution in [-0.4, -0.2) is 9.13 Å². The molecule has 0 spiro atoms. The van der Waals surface area contributed by atoms with Crippen molar-refractivity contribution in [1.29, 1.82) is 0 Å². The van der Waals surface area contributed by atoms with E-state index in [2.05, 4.69) is 0 Å². The first-order valence-electron chi connectivity index (χ1n) is 7.08. The van der Waals surface area contributed by atoms with Crippen LogP contribution in [0.5, 0.6) is 0 Å². The van der Waals surface area contributed by atoms with Crippen LogP contribution in [-0.2, 0) is 13.1 Å². The molecule has 0 aliphatic carbocycles. The van der Waals surface area contributed by atoms with E-state index in [1.54, 1.807) is 4.57 Å². The Morgan fingerprint density at radius 1 is 0.810 bits per heavy atom.